The molecule has 27 heavy (non-hydrogen) atoms. The van der Waals surface area contributed by atoms with E-state index in [1.165, 1.54) is 0 Å². The van der Waals surface area contributed by atoms with E-state index < -0.39 is 0 Å². The molecule has 3 rings (SSSR count). The van der Waals surface area contributed by atoms with Crippen LogP contribution < -0.4 is 20.3 Å². The third kappa shape index (κ3) is 4.76. The molecule has 0 amide bonds. The Morgan fingerprint density at radius 3 is 2.85 bits per heavy atom. The van der Waals surface area contributed by atoms with Crippen molar-refractivity contribution in [3.05, 3.63) is 47.4 Å². The first-order valence-corrected chi connectivity index (χ1v) is 9.59. The van der Waals surface area contributed by atoms with Crippen LogP contribution in [0, 0.1) is 13.8 Å². The van der Waals surface area contributed by atoms with Crippen molar-refractivity contribution in [3.8, 4) is 5.75 Å². The molecule has 1 saturated heterocycles. The SMILES string of the molecule is CCNC(=NCc1cc(C)oc1C)NC1CCN(c2ccccc2OC)C1. The van der Waals surface area contributed by atoms with Gasteiger partial charge in [0.05, 0.1) is 19.3 Å². The van der Waals surface area contributed by atoms with Gasteiger partial charge in [0.2, 0.25) is 0 Å². The van der Waals surface area contributed by atoms with Gasteiger partial charge in [0.25, 0.3) is 0 Å². The second kappa shape index (κ2) is 8.84. The highest BCUT2D eigenvalue weighted by Gasteiger charge is 2.25. The fraction of sp³-hybridized carbons (Fsp3) is 0.476. The number of methoxy groups -OCH3 is 1. The Hall–Kier alpha value is -2.63. The van der Waals surface area contributed by atoms with Crippen LogP contribution in [0.25, 0.3) is 0 Å². The molecular weight excluding hydrogens is 340 g/mol. The number of nitrogens with zero attached hydrogens (tertiary/aromatic N) is 2. The van der Waals surface area contributed by atoms with E-state index in [1.54, 1.807) is 7.11 Å². The molecule has 0 saturated carbocycles. The molecule has 0 spiro atoms. The molecule has 1 atom stereocenters. The highest BCUT2D eigenvalue weighted by atomic mass is 16.5. The molecule has 1 aromatic carbocycles. The molecule has 0 radical (unpaired) electrons. The molecule has 146 valence electrons. The third-order valence-electron chi connectivity index (χ3n) is 4.85. The second-order valence-corrected chi connectivity index (χ2v) is 6.88. The van der Waals surface area contributed by atoms with Crippen molar-refractivity contribution in [1.29, 1.82) is 0 Å². The quantitative estimate of drug-likeness (QED) is 0.604. The molecule has 0 bridgehead atoms. The summed E-state index contributed by atoms with van der Waals surface area (Å²) < 4.78 is 11.1. The van der Waals surface area contributed by atoms with Crippen molar-refractivity contribution in [3.63, 3.8) is 0 Å². The number of rotatable bonds is 6. The van der Waals surface area contributed by atoms with E-state index in [0.717, 1.165) is 60.5 Å². The summed E-state index contributed by atoms with van der Waals surface area (Å²) >= 11 is 0. The summed E-state index contributed by atoms with van der Waals surface area (Å²) in [7, 11) is 1.72. The van der Waals surface area contributed by atoms with Gasteiger partial charge in [-0.2, -0.15) is 0 Å². The molecule has 1 unspecified atom stereocenters. The number of hydrogen-bond acceptors (Lipinski definition) is 4. The third-order valence-corrected chi connectivity index (χ3v) is 4.85. The Labute approximate surface area is 161 Å². The van der Waals surface area contributed by atoms with E-state index in [-0.39, 0.29) is 0 Å². The summed E-state index contributed by atoms with van der Waals surface area (Å²) in [5.41, 5.74) is 2.28. The molecular formula is C21H30N4O2. The predicted octanol–water partition coefficient (Wildman–Crippen LogP) is 3.24. The summed E-state index contributed by atoms with van der Waals surface area (Å²) in [5, 5.41) is 6.92. The van der Waals surface area contributed by atoms with Gasteiger partial charge in [-0.3, -0.25) is 0 Å². The standard InChI is InChI=1S/C21H30N4O2/c1-5-22-21(23-13-17-12-15(2)27-16(17)3)24-18-10-11-25(14-18)19-8-6-7-9-20(19)26-4/h6-9,12,18H,5,10-11,13-14H2,1-4H3,(H2,22,23,24). The Morgan fingerprint density at radius 1 is 1.33 bits per heavy atom. The van der Waals surface area contributed by atoms with E-state index in [1.807, 2.05) is 26.0 Å². The van der Waals surface area contributed by atoms with Crippen LogP contribution in [0.15, 0.2) is 39.7 Å². The maximum Gasteiger partial charge on any atom is 0.191 e. The zero-order chi connectivity index (χ0) is 19.2. The normalized spacial score (nSPS) is 17.3. The number of furan rings is 1. The van der Waals surface area contributed by atoms with Gasteiger partial charge in [0.15, 0.2) is 5.96 Å². The highest BCUT2D eigenvalue weighted by molar-refractivity contribution is 5.80. The van der Waals surface area contributed by atoms with Crippen LogP contribution in [0.4, 0.5) is 5.69 Å². The summed E-state index contributed by atoms with van der Waals surface area (Å²) in [6.45, 7) is 9.40. The molecule has 2 aromatic rings. The van der Waals surface area contributed by atoms with Gasteiger partial charge >= 0.3 is 0 Å². The Bertz CT molecular complexity index is 784. The summed E-state index contributed by atoms with van der Waals surface area (Å²) in [5.74, 6) is 3.64. The fourth-order valence-electron chi connectivity index (χ4n) is 3.51. The summed E-state index contributed by atoms with van der Waals surface area (Å²) in [4.78, 5) is 7.11. The van der Waals surface area contributed by atoms with Gasteiger partial charge in [-0.25, -0.2) is 4.99 Å². The van der Waals surface area contributed by atoms with Gasteiger partial charge in [0.1, 0.15) is 17.3 Å². The van der Waals surface area contributed by atoms with E-state index in [9.17, 15) is 0 Å². The van der Waals surface area contributed by atoms with Crippen LogP contribution in [-0.2, 0) is 6.54 Å². The number of aliphatic imine (C=N–C) groups is 1. The van der Waals surface area contributed by atoms with E-state index in [2.05, 4.69) is 40.7 Å². The Morgan fingerprint density at radius 2 is 2.15 bits per heavy atom. The second-order valence-electron chi connectivity index (χ2n) is 6.88. The number of guanidine groups is 1. The molecule has 1 aliphatic rings. The van der Waals surface area contributed by atoms with Gasteiger partial charge < -0.3 is 24.7 Å². The van der Waals surface area contributed by atoms with Gasteiger partial charge in [0, 0.05) is 31.2 Å². The highest BCUT2D eigenvalue weighted by Crippen LogP contribution is 2.30. The minimum atomic E-state index is 0.347. The van der Waals surface area contributed by atoms with Crippen LogP contribution in [0.3, 0.4) is 0 Å². The summed E-state index contributed by atoms with van der Waals surface area (Å²) in [6.07, 6.45) is 1.06. The van der Waals surface area contributed by atoms with Gasteiger partial charge in [-0.1, -0.05) is 12.1 Å². The number of aryl methyl sites for hydroxylation is 2. The first kappa shape index (κ1) is 19.1. The molecule has 1 aliphatic heterocycles. The minimum Gasteiger partial charge on any atom is -0.495 e. The van der Waals surface area contributed by atoms with Crippen LogP contribution >= 0.6 is 0 Å². The van der Waals surface area contributed by atoms with E-state index >= 15 is 0 Å². The van der Waals surface area contributed by atoms with Gasteiger partial charge in [-0.15, -0.1) is 0 Å². The molecule has 6 heteroatoms. The van der Waals surface area contributed by atoms with Crippen molar-refractivity contribution in [1.82, 2.24) is 10.6 Å². The Kier molecular flexibility index (Phi) is 6.27. The minimum absolute atomic E-state index is 0.347. The predicted molar refractivity (Wildman–Crippen MR) is 110 cm³/mol. The van der Waals surface area contributed by atoms with Crippen LogP contribution in [0.5, 0.6) is 5.75 Å². The number of nitrogens with one attached hydrogen (secondary N) is 2. The van der Waals surface area contributed by atoms with Crippen molar-refractivity contribution in [2.45, 2.75) is 39.8 Å². The number of benzene rings is 1. The first-order chi connectivity index (χ1) is 13.1. The molecule has 1 fully saturated rings. The largest absolute Gasteiger partial charge is 0.495 e. The van der Waals surface area contributed by atoms with Crippen molar-refractivity contribution < 1.29 is 9.15 Å². The topological polar surface area (TPSA) is 62.0 Å². The molecule has 2 N–H and O–H groups in total. The lowest BCUT2D eigenvalue weighted by Gasteiger charge is -2.22. The average molecular weight is 370 g/mol. The lowest BCUT2D eigenvalue weighted by Crippen LogP contribution is -2.44. The molecule has 2 heterocycles. The lowest BCUT2D eigenvalue weighted by atomic mass is 10.2. The maximum absolute atomic E-state index is 5.60. The van der Waals surface area contributed by atoms with Crippen LogP contribution in [0.2, 0.25) is 0 Å². The maximum atomic E-state index is 5.60. The van der Waals surface area contributed by atoms with Crippen LogP contribution in [-0.4, -0.2) is 38.7 Å². The van der Waals surface area contributed by atoms with Crippen molar-refractivity contribution in [2.75, 3.05) is 31.6 Å². The average Bonchev–Trinajstić information content (AvgIpc) is 3.25. The number of hydrogen-bond donors (Lipinski definition) is 2. The fourth-order valence-corrected chi connectivity index (χ4v) is 3.51. The number of ether oxygens (including phenoxy) is 1. The molecule has 1 aromatic heterocycles. The van der Waals surface area contributed by atoms with Gasteiger partial charge in [-0.05, 0) is 45.4 Å². The van der Waals surface area contributed by atoms with E-state index in [4.69, 9.17) is 14.1 Å². The number of anilines is 1. The molecule has 0 aliphatic carbocycles. The monoisotopic (exact) mass is 370 g/mol. The van der Waals surface area contributed by atoms with Crippen molar-refractivity contribution in [2.24, 2.45) is 4.99 Å². The summed E-state index contributed by atoms with van der Waals surface area (Å²) in [6, 6.07) is 10.6. The van der Waals surface area contributed by atoms with E-state index in [0.29, 0.717) is 12.6 Å². The lowest BCUT2D eigenvalue weighted by molar-refractivity contribution is 0.415. The molecule has 6 nitrogen and oxygen atoms in total. The number of para-hydroxylation sites is 2. The van der Waals surface area contributed by atoms with Crippen molar-refractivity contribution >= 4 is 11.6 Å². The Balaban J connectivity index is 1.63. The zero-order valence-corrected chi connectivity index (χ0v) is 16.7. The first-order valence-electron chi connectivity index (χ1n) is 9.59. The smallest absolute Gasteiger partial charge is 0.191 e. The van der Waals surface area contributed by atoms with Crippen LogP contribution in [0.1, 0.15) is 30.4 Å². The zero-order valence-electron chi connectivity index (χ0n) is 16.7.